The summed E-state index contributed by atoms with van der Waals surface area (Å²) in [6.45, 7) is 0.849. The number of halogens is 3. The summed E-state index contributed by atoms with van der Waals surface area (Å²) in [5, 5.41) is 13.0. The normalized spacial score (nSPS) is 29.2. The van der Waals surface area contributed by atoms with Crippen molar-refractivity contribution in [2.75, 3.05) is 13.1 Å². The third-order valence-electron chi connectivity index (χ3n) is 4.60. The van der Waals surface area contributed by atoms with Gasteiger partial charge in [0, 0.05) is 24.7 Å². The molecule has 128 valence electrons. The average Bonchev–Trinajstić information content (AvgIpc) is 3.11. The highest BCUT2D eigenvalue weighted by atomic mass is 32.1. The number of urea groups is 1. The molecule has 1 saturated heterocycles. The van der Waals surface area contributed by atoms with Crippen molar-refractivity contribution in [2.24, 2.45) is 11.8 Å². The van der Waals surface area contributed by atoms with Crippen LogP contribution in [-0.2, 0) is 0 Å². The van der Waals surface area contributed by atoms with E-state index in [0.29, 0.717) is 25.9 Å². The lowest BCUT2D eigenvalue weighted by Gasteiger charge is -2.27. The molecule has 1 aliphatic carbocycles. The Balaban J connectivity index is 1.66. The quantitative estimate of drug-likeness (QED) is 0.862. The third-order valence-corrected chi connectivity index (χ3v) is 5.44. The highest BCUT2D eigenvalue weighted by Crippen LogP contribution is 2.37. The van der Waals surface area contributed by atoms with Gasteiger partial charge in [0.1, 0.15) is 5.01 Å². The average molecular weight is 349 g/mol. The van der Waals surface area contributed by atoms with Crippen molar-refractivity contribution < 1.29 is 23.1 Å². The van der Waals surface area contributed by atoms with Crippen molar-refractivity contribution in [2.45, 2.75) is 37.6 Å². The molecule has 4 atom stereocenters. The lowest BCUT2D eigenvalue weighted by Crippen LogP contribution is -2.45. The van der Waals surface area contributed by atoms with Gasteiger partial charge in [-0.25, -0.2) is 9.78 Å². The second-order valence-corrected chi connectivity index (χ2v) is 7.11. The SMILES string of the molecule is O=C(NC(c1nccs1)C(F)(F)F)N1CC2CCC(O)CC2C1. The van der Waals surface area contributed by atoms with Gasteiger partial charge in [0.05, 0.1) is 6.10 Å². The van der Waals surface area contributed by atoms with E-state index in [1.807, 2.05) is 0 Å². The molecule has 1 aromatic rings. The molecule has 1 saturated carbocycles. The Bertz CT molecular complexity index is 552. The Hall–Kier alpha value is -1.35. The molecule has 9 heteroatoms. The van der Waals surface area contributed by atoms with E-state index in [1.165, 1.54) is 16.5 Å². The van der Waals surface area contributed by atoms with Gasteiger partial charge in [-0.2, -0.15) is 13.2 Å². The number of nitrogens with zero attached hydrogens (tertiary/aromatic N) is 2. The third kappa shape index (κ3) is 3.60. The fourth-order valence-electron chi connectivity index (χ4n) is 3.45. The number of nitrogens with one attached hydrogen (secondary N) is 1. The molecule has 1 aromatic heterocycles. The minimum absolute atomic E-state index is 0.169. The van der Waals surface area contributed by atoms with Gasteiger partial charge < -0.3 is 15.3 Å². The van der Waals surface area contributed by atoms with Crippen molar-refractivity contribution >= 4 is 17.4 Å². The van der Waals surface area contributed by atoms with Crippen LogP contribution in [0.25, 0.3) is 0 Å². The number of rotatable bonds is 2. The molecule has 0 radical (unpaired) electrons. The van der Waals surface area contributed by atoms with Gasteiger partial charge in [0.2, 0.25) is 0 Å². The Morgan fingerprint density at radius 3 is 2.78 bits per heavy atom. The zero-order valence-corrected chi connectivity index (χ0v) is 13.1. The maximum absolute atomic E-state index is 13.2. The smallest absolute Gasteiger partial charge is 0.393 e. The zero-order valence-electron chi connectivity index (χ0n) is 12.3. The number of thiazole rings is 1. The number of carbonyl (C=O) groups is 1. The topological polar surface area (TPSA) is 65.5 Å². The summed E-state index contributed by atoms with van der Waals surface area (Å²) in [5.74, 6) is 0.446. The molecule has 3 rings (SSSR count). The predicted molar refractivity (Wildman–Crippen MR) is 77.9 cm³/mol. The molecule has 2 aliphatic rings. The van der Waals surface area contributed by atoms with Crippen LogP contribution in [0.15, 0.2) is 11.6 Å². The summed E-state index contributed by atoms with van der Waals surface area (Å²) in [4.78, 5) is 17.4. The summed E-state index contributed by atoms with van der Waals surface area (Å²) in [6, 6.07) is -2.80. The molecule has 5 nitrogen and oxygen atoms in total. The number of aliphatic hydroxyl groups excluding tert-OH is 1. The van der Waals surface area contributed by atoms with E-state index in [9.17, 15) is 23.1 Å². The first kappa shape index (κ1) is 16.5. The number of aliphatic hydroxyl groups is 1. The Morgan fingerprint density at radius 2 is 2.13 bits per heavy atom. The number of carbonyl (C=O) groups excluding carboxylic acids is 1. The summed E-state index contributed by atoms with van der Waals surface area (Å²) < 4.78 is 39.5. The first-order chi connectivity index (χ1) is 10.8. The Morgan fingerprint density at radius 1 is 1.39 bits per heavy atom. The van der Waals surface area contributed by atoms with Gasteiger partial charge in [-0.15, -0.1) is 11.3 Å². The van der Waals surface area contributed by atoms with Gasteiger partial charge in [0.15, 0.2) is 6.04 Å². The number of hydrogen-bond acceptors (Lipinski definition) is 4. The van der Waals surface area contributed by atoms with Gasteiger partial charge in [0.25, 0.3) is 0 Å². The van der Waals surface area contributed by atoms with E-state index >= 15 is 0 Å². The molecular weight excluding hydrogens is 331 g/mol. The lowest BCUT2D eigenvalue weighted by atomic mass is 9.80. The molecular formula is C14H18F3N3O2S. The fraction of sp³-hybridized carbons (Fsp3) is 0.714. The number of amides is 2. The van der Waals surface area contributed by atoms with Crippen LogP contribution < -0.4 is 5.32 Å². The second kappa shape index (κ2) is 6.27. The minimum atomic E-state index is -4.59. The standard InChI is InChI=1S/C14H18F3N3O2S/c15-14(16,17)11(12-18-3-4-23-12)19-13(22)20-6-8-1-2-10(21)5-9(8)7-20/h3-4,8-11,21H,1-2,5-7H2,(H,19,22). The molecule has 2 heterocycles. The highest BCUT2D eigenvalue weighted by molar-refractivity contribution is 7.09. The molecule has 0 spiro atoms. The van der Waals surface area contributed by atoms with Crippen molar-refractivity contribution in [1.82, 2.24) is 15.2 Å². The molecule has 2 N–H and O–H groups in total. The molecule has 23 heavy (non-hydrogen) atoms. The van der Waals surface area contributed by atoms with Gasteiger partial charge in [-0.1, -0.05) is 0 Å². The highest BCUT2D eigenvalue weighted by Gasteiger charge is 2.46. The van der Waals surface area contributed by atoms with E-state index in [-0.39, 0.29) is 22.9 Å². The van der Waals surface area contributed by atoms with E-state index in [0.717, 1.165) is 17.8 Å². The number of aromatic nitrogens is 1. The van der Waals surface area contributed by atoms with Crippen LogP contribution in [0.2, 0.25) is 0 Å². The molecule has 1 aliphatic heterocycles. The fourth-order valence-corrected chi connectivity index (χ4v) is 4.16. The second-order valence-electron chi connectivity index (χ2n) is 6.19. The van der Waals surface area contributed by atoms with Crippen LogP contribution in [0.4, 0.5) is 18.0 Å². The monoisotopic (exact) mass is 349 g/mol. The van der Waals surface area contributed by atoms with Crippen molar-refractivity contribution in [1.29, 1.82) is 0 Å². The van der Waals surface area contributed by atoms with E-state index in [2.05, 4.69) is 10.3 Å². The van der Waals surface area contributed by atoms with Crippen LogP contribution in [0.5, 0.6) is 0 Å². The molecule has 2 amide bonds. The molecule has 2 fully saturated rings. The predicted octanol–water partition coefficient (Wildman–Crippen LogP) is 2.55. The summed E-state index contributed by atoms with van der Waals surface area (Å²) >= 11 is 0.865. The maximum Gasteiger partial charge on any atom is 0.415 e. The zero-order chi connectivity index (χ0) is 16.6. The van der Waals surface area contributed by atoms with Crippen molar-refractivity contribution in [3.05, 3.63) is 16.6 Å². The molecule has 4 unspecified atom stereocenters. The van der Waals surface area contributed by atoms with Gasteiger partial charge >= 0.3 is 12.2 Å². The van der Waals surface area contributed by atoms with Crippen LogP contribution in [0.3, 0.4) is 0 Å². The van der Waals surface area contributed by atoms with E-state index in [4.69, 9.17) is 0 Å². The van der Waals surface area contributed by atoms with E-state index < -0.39 is 18.2 Å². The Labute approximate surface area is 135 Å². The van der Waals surface area contributed by atoms with Crippen molar-refractivity contribution in [3.63, 3.8) is 0 Å². The Kier molecular flexibility index (Phi) is 4.50. The van der Waals surface area contributed by atoms with Crippen molar-refractivity contribution in [3.8, 4) is 0 Å². The molecule has 0 bridgehead atoms. The van der Waals surface area contributed by atoms with Crippen LogP contribution in [0, 0.1) is 11.8 Å². The maximum atomic E-state index is 13.2. The summed E-state index contributed by atoms with van der Waals surface area (Å²) in [5.41, 5.74) is 0. The van der Waals surface area contributed by atoms with E-state index in [1.54, 1.807) is 0 Å². The first-order valence-electron chi connectivity index (χ1n) is 7.54. The van der Waals surface area contributed by atoms with Crippen LogP contribution >= 0.6 is 11.3 Å². The van der Waals surface area contributed by atoms with Gasteiger partial charge in [-0.3, -0.25) is 0 Å². The minimum Gasteiger partial charge on any atom is -0.393 e. The van der Waals surface area contributed by atoms with Crippen LogP contribution in [-0.4, -0.2) is 46.4 Å². The number of hydrogen-bond donors (Lipinski definition) is 2. The largest absolute Gasteiger partial charge is 0.415 e. The molecule has 0 aromatic carbocycles. The van der Waals surface area contributed by atoms with Crippen LogP contribution in [0.1, 0.15) is 30.3 Å². The summed E-state index contributed by atoms with van der Waals surface area (Å²) in [7, 11) is 0. The van der Waals surface area contributed by atoms with Gasteiger partial charge in [-0.05, 0) is 31.1 Å². The number of likely N-dealkylation sites (tertiary alicyclic amines) is 1. The number of alkyl halides is 3. The summed E-state index contributed by atoms with van der Waals surface area (Å²) in [6.07, 6.45) is -1.54. The number of fused-ring (bicyclic) bond motifs is 1. The first-order valence-corrected chi connectivity index (χ1v) is 8.42. The lowest BCUT2D eigenvalue weighted by molar-refractivity contribution is -0.155.